The van der Waals surface area contributed by atoms with E-state index in [1.807, 2.05) is 54.3 Å². The highest BCUT2D eigenvalue weighted by Crippen LogP contribution is 2.42. The van der Waals surface area contributed by atoms with Gasteiger partial charge in [0, 0.05) is 12.1 Å². The molecule has 4 rings (SSSR count). The van der Waals surface area contributed by atoms with Crippen LogP contribution in [-0.2, 0) is 11.3 Å². The summed E-state index contributed by atoms with van der Waals surface area (Å²) in [7, 11) is 0. The van der Waals surface area contributed by atoms with E-state index in [1.165, 1.54) is 0 Å². The Labute approximate surface area is 134 Å². The van der Waals surface area contributed by atoms with Crippen LogP contribution >= 0.6 is 0 Å². The van der Waals surface area contributed by atoms with Gasteiger partial charge in [0.05, 0.1) is 17.9 Å². The molecule has 0 bridgehead atoms. The second kappa shape index (κ2) is 5.50. The number of rotatable bonds is 2. The number of benzene rings is 2. The van der Waals surface area contributed by atoms with Gasteiger partial charge in [0.25, 0.3) is 0 Å². The van der Waals surface area contributed by atoms with E-state index in [0.29, 0.717) is 25.5 Å². The number of nitrogens with one attached hydrogen (secondary N) is 1. The fourth-order valence-corrected chi connectivity index (χ4v) is 2.99. The maximum absolute atomic E-state index is 12.7. The molecule has 0 radical (unpaired) electrons. The summed E-state index contributed by atoms with van der Waals surface area (Å²) >= 11 is 0. The molecule has 0 saturated carbocycles. The lowest BCUT2D eigenvalue weighted by molar-refractivity contribution is -0.119. The molecular formula is C18H18N2O3. The van der Waals surface area contributed by atoms with Crippen molar-refractivity contribution in [2.24, 2.45) is 0 Å². The number of nitrogens with zero attached hydrogens (tertiary/aromatic N) is 1. The summed E-state index contributed by atoms with van der Waals surface area (Å²) < 4.78 is 11.3. The van der Waals surface area contributed by atoms with Gasteiger partial charge in [-0.3, -0.25) is 4.79 Å². The van der Waals surface area contributed by atoms with Gasteiger partial charge in [0.15, 0.2) is 11.5 Å². The van der Waals surface area contributed by atoms with Crippen molar-refractivity contribution in [2.75, 3.05) is 23.4 Å². The molecular weight excluding hydrogens is 292 g/mol. The molecule has 2 aromatic carbocycles. The first-order chi connectivity index (χ1) is 11.2. The van der Waals surface area contributed by atoms with Crippen molar-refractivity contribution in [2.45, 2.75) is 19.5 Å². The van der Waals surface area contributed by atoms with E-state index in [4.69, 9.17) is 9.47 Å². The van der Waals surface area contributed by atoms with Crippen LogP contribution in [0.5, 0.6) is 11.5 Å². The molecule has 0 saturated heterocycles. The average Bonchev–Trinajstić information content (AvgIpc) is 2.58. The molecule has 1 unspecified atom stereocenters. The smallest absolute Gasteiger partial charge is 0.249 e. The third-order valence-corrected chi connectivity index (χ3v) is 4.14. The maximum atomic E-state index is 12.7. The van der Waals surface area contributed by atoms with Crippen LogP contribution in [0.4, 0.5) is 11.4 Å². The highest BCUT2D eigenvalue weighted by atomic mass is 16.6. The number of carbonyl (C=O) groups is 1. The quantitative estimate of drug-likeness (QED) is 0.927. The van der Waals surface area contributed by atoms with E-state index in [2.05, 4.69) is 5.32 Å². The Hall–Kier alpha value is -2.69. The van der Waals surface area contributed by atoms with Crippen LogP contribution in [0.1, 0.15) is 12.5 Å². The zero-order valence-corrected chi connectivity index (χ0v) is 12.9. The van der Waals surface area contributed by atoms with E-state index in [-0.39, 0.29) is 11.9 Å². The van der Waals surface area contributed by atoms with Crippen LogP contribution in [0.3, 0.4) is 0 Å². The minimum Gasteiger partial charge on any atom is -0.486 e. The molecule has 0 fully saturated rings. The molecule has 1 amide bonds. The number of carbonyl (C=O) groups excluding carboxylic acids is 1. The van der Waals surface area contributed by atoms with Crippen molar-refractivity contribution in [1.29, 1.82) is 0 Å². The summed E-state index contributed by atoms with van der Waals surface area (Å²) in [6, 6.07) is 13.5. The highest BCUT2D eigenvalue weighted by Gasteiger charge is 2.31. The first-order valence-corrected chi connectivity index (χ1v) is 7.78. The first kappa shape index (κ1) is 13.9. The van der Waals surface area contributed by atoms with Crippen molar-refractivity contribution < 1.29 is 14.3 Å². The molecule has 0 aliphatic carbocycles. The van der Waals surface area contributed by atoms with Gasteiger partial charge in [-0.25, -0.2) is 0 Å². The van der Waals surface area contributed by atoms with Crippen LogP contribution in [0, 0.1) is 0 Å². The summed E-state index contributed by atoms with van der Waals surface area (Å²) in [5, 5.41) is 3.25. The number of amides is 1. The van der Waals surface area contributed by atoms with Crippen LogP contribution in [0.15, 0.2) is 42.5 Å². The second-order valence-corrected chi connectivity index (χ2v) is 5.79. The Morgan fingerprint density at radius 1 is 1.13 bits per heavy atom. The average molecular weight is 310 g/mol. The second-order valence-electron chi connectivity index (χ2n) is 5.79. The zero-order chi connectivity index (χ0) is 15.8. The van der Waals surface area contributed by atoms with Crippen LogP contribution < -0.4 is 19.7 Å². The summed E-state index contributed by atoms with van der Waals surface area (Å²) in [5.74, 6) is 1.47. The monoisotopic (exact) mass is 310 g/mol. The summed E-state index contributed by atoms with van der Waals surface area (Å²) in [4.78, 5) is 14.5. The Bertz CT molecular complexity index is 745. The molecule has 5 heteroatoms. The van der Waals surface area contributed by atoms with Gasteiger partial charge in [-0.1, -0.05) is 30.3 Å². The maximum Gasteiger partial charge on any atom is 0.249 e. The lowest BCUT2D eigenvalue weighted by Crippen LogP contribution is -2.45. The van der Waals surface area contributed by atoms with E-state index in [0.717, 1.165) is 22.7 Å². The fraction of sp³-hybridized carbons (Fsp3) is 0.278. The van der Waals surface area contributed by atoms with Gasteiger partial charge in [0.1, 0.15) is 19.3 Å². The molecule has 23 heavy (non-hydrogen) atoms. The normalized spacial score (nSPS) is 19.1. The molecule has 5 nitrogen and oxygen atoms in total. The number of hydrogen-bond acceptors (Lipinski definition) is 4. The molecule has 0 aromatic heterocycles. The minimum atomic E-state index is -0.270. The van der Waals surface area contributed by atoms with E-state index < -0.39 is 0 Å². The number of ether oxygens (including phenoxy) is 2. The largest absolute Gasteiger partial charge is 0.486 e. The Balaban J connectivity index is 1.75. The topological polar surface area (TPSA) is 50.8 Å². The fourth-order valence-electron chi connectivity index (χ4n) is 2.99. The van der Waals surface area contributed by atoms with Gasteiger partial charge >= 0.3 is 0 Å². The van der Waals surface area contributed by atoms with Gasteiger partial charge in [-0.2, -0.15) is 0 Å². The zero-order valence-electron chi connectivity index (χ0n) is 12.9. The SMILES string of the molecule is CC1Nc2cc3c(cc2N(Cc2ccccc2)C1=O)OCCO3. The van der Waals surface area contributed by atoms with E-state index in [1.54, 1.807) is 0 Å². The molecule has 2 heterocycles. The van der Waals surface area contributed by atoms with Crippen LogP contribution in [-0.4, -0.2) is 25.2 Å². The molecule has 118 valence electrons. The molecule has 0 spiro atoms. The van der Waals surface area contributed by atoms with Gasteiger partial charge in [-0.15, -0.1) is 0 Å². The molecule has 2 aliphatic heterocycles. The lowest BCUT2D eigenvalue weighted by Gasteiger charge is -2.35. The molecule has 2 aliphatic rings. The molecule has 1 N–H and O–H groups in total. The third kappa shape index (κ3) is 2.48. The summed E-state index contributed by atoms with van der Waals surface area (Å²) in [5.41, 5.74) is 2.83. The van der Waals surface area contributed by atoms with Gasteiger partial charge in [0.2, 0.25) is 5.91 Å². The Kier molecular flexibility index (Phi) is 3.33. The predicted octanol–water partition coefficient (Wildman–Crippen LogP) is 2.81. The van der Waals surface area contributed by atoms with E-state index >= 15 is 0 Å². The molecule has 2 aromatic rings. The molecule has 1 atom stereocenters. The van der Waals surface area contributed by atoms with Crippen molar-refractivity contribution >= 4 is 17.3 Å². The Morgan fingerprint density at radius 3 is 2.57 bits per heavy atom. The van der Waals surface area contributed by atoms with Crippen molar-refractivity contribution in [3.05, 3.63) is 48.0 Å². The predicted molar refractivity (Wildman–Crippen MR) is 88.1 cm³/mol. The van der Waals surface area contributed by atoms with Crippen molar-refractivity contribution in [3.8, 4) is 11.5 Å². The van der Waals surface area contributed by atoms with Gasteiger partial charge < -0.3 is 19.7 Å². The van der Waals surface area contributed by atoms with Crippen molar-refractivity contribution in [1.82, 2.24) is 0 Å². The first-order valence-electron chi connectivity index (χ1n) is 7.78. The van der Waals surface area contributed by atoms with E-state index in [9.17, 15) is 4.79 Å². The Morgan fingerprint density at radius 2 is 1.83 bits per heavy atom. The number of fused-ring (bicyclic) bond motifs is 2. The van der Waals surface area contributed by atoms with Crippen molar-refractivity contribution in [3.63, 3.8) is 0 Å². The van der Waals surface area contributed by atoms with Crippen LogP contribution in [0.2, 0.25) is 0 Å². The minimum absolute atomic E-state index is 0.0537. The summed E-state index contributed by atoms with van der Waals surface area (Å²) in [6.07, 6.45) is 0. The third-order valence-electron chi connectivity index (χ3n) is 4.14. The van der Waals surface area contributed by atoms with Gasteiger partial charge in [-0.05, 0) is 12.5 Å². The highest BCUT2D eigenvalue weighted by molar-refractivity contribution is 6.05. The summed E-state index contributed by atoms with van der Waals surface area (Å²) in [6.45, 7) is 3.49. The van der Waals surface area contributed by atoms with Crippen LogP contribution in [0.25, 0.3) is 0 Å². The number of hydrogen-bond donors (Lipinski definition) is 1. The standard InChI is InChI=1S/C18H18N2O3/c1-12-18(21)20(11-13-5-3-2-4-6-13)15-10-17-16(9-14(15)19-12)22-7-8-23-17/h2-6,9-10,12,19H,7-8,11H2,1H3. The number of anilines is 2. The lowest BCUT2D eigenvalue weighted by atomic mass is 10.1.